The minimum atomic E-state index is -0.356. The van der Waals surface area contributed by atoms with Crippen LogP contribution in [0.5, 0.6) is 0 Å². The molecule has 0 aliphatic rings. The van der Waals surface area contributed by atoms with Crippen molar-refractivity contribution in [2.45, 2.75) is 12.8 Å². The predicted molar refractivity (Wildman–Crippen MR) is 65.3 cm³/mol. The predicted octanol–water partition coefficient (Wildman–Crippen LogP) is 4.26. The summed E-state index contributed by atoms with van der Waals surface area (Å²) in [6.45, 7) is 0. The van der Waals surface area contributed by atoms with Crippen molar-refractivity contribution in [1.82, 2.24) is 0 Å². The van der Waals surface area contributed by atoms with Gasteiger partial charge in [-0.3, -0.25) is 0 Å². The molecule has 0 radical (unpaired) electrons. The Hall–Kier alpha value is -1.34. The first-order valence-corrected chi connectivity index (χ1v) is 5.61. The summed E-state index contributed by atoms with van der Waals surface area (Å²) in [5, 5.41) is 0.200. The van der Waals surface area contributed by atoms with Gasteiger partial charge in [0.2, 0.25) is 0 Å². The van der Waals surface area contributed by atoms with Crippen molar-refractivity contribution in [1.29, 1.82) is 0 Å². The second-order valence-electron chi connectivity index (χ2n) is 3.73. The number of halogens is 2. The summed E-state index contributed by atoms with van der Waals surface area (Å²) >= 11 is 5.72. The molecule has 0 aliphatic carbocycles. The lowest BCUT2D eigenvalue weighted by atomic mass is 10.0. The second kappa shape index (κ2) is 5.13. The third kappa shape index (κ3) is 2.83. The van der Waals surface area contributed by atoms with Crippen LogP contribution in [-0.2, 0) is 12.8 Å². The average Bonchev–Trinajstić information content (AvgIpc) is 2.32. The summed E-state index contributed by atoms with van der Waals surface area (Å²) in [5.41, 5.74) is 2.35. The van der Waals surface area contributed by atoms with Crippen molar-refractivity contribution in [3.05, 3.63) is 70.5 Å². The highest BCUT2D eigenvalue weighted by molar-refractivity contribution is 6.30. The van der Waals surface area contributed by atoms with Crippen LogP contribution < -0.4 is 0 Å². The third-order valence-electron chi connectivity index (χ3n) is 2.53. The van der Waals surface area contributed by atoms with E-state index in [-0.39, 0.29) is 10.8 Å². The van der Waals surface area contributed by atoms with Gasteiger partial charge in [-0.1, -0.05) is 48.0 Å². The fraction of sp³-hybridized carbons (Fsp3) is 0.143. The van der Waals surface area contributed by atoms with Crippen molar-refractivity contribution in [3.63, 3.8) is 0 Å². The molecule has 16 heavy (non-hydrogen) atoms. The maximum Gasteiger partial charge on any atom is 0.141 e. The van der Waals surface area contributed by atoms with Gasteiger partial charge in [0.15, 0.2) is 0 Å². The van der Waals surface area contributed by atoms with Gasteiger partial charge in [0, 0.05) is 0 Å². The van der Waals surface area contributed by atoms with Gasteiger partial charge >= 0.3 is 0 Å². The molecule has 2 aromatic rings. The SMILES string of the molecule is Fc1ccc(CCc2ccccc2)cc1Cl. The zero-order valence-electron chi connectivity index (χ0n) is 8.79. The monoisotopic (exact) mass is 234 g/mol. The van der Waals surface area contributed by atoms with Gasteiger partial charge in [-0.25, -0.2) is 4.39 Å². The van der Waals surface area contributed by atoms with Crippen LogP contribution in [0.2, 0.25) is 5.02 Å². The van der Waals surface area contributed by atoms with Gasteiger partial charge in [0.1, 0.15) is 5.82 Å². The molecule has 0 amide bonds. The molecule has 0 saturated heterocycles. The van der Waals surface area contributed by atoms with Crippen LogP contribution in [0.25, 0.3) is 0 Å². The second-order valence-corrected chi connectivity index (χ2v) is 4.14. The minimum Gasteiger partial charge on any atom is -0.205 e. The smallest absolute Gasteiger partial charge is 0.141 e. The van der Waals surface area contributed by atoms with Gasteiger partial charge < -0.3 is 0 Å². The molecule has 2 aromatic carbocycles. The van der Waals surface area contributed by atoms with Gasteiger partial charge in [-0.15, -0.1) is 0 Å². The van der Waals surface area contributed by atoms with Gasteiger partial charge in [0.05, 0.1) is 5.02 Å². The third-order valence-corrected chi connectivity index (χ3v) is 2.82. The molecule has 0 fully saturated rings. The van der Waals surface area contributed by atoms with E-state index >= 15 is 0 Å². The Balaban J connectivity index is 2.03. The van der Waals surface area contributed by atoms with Gasteiger partial charge in [-0.2, -0.15) is 0 Å². The average molecular weight is 235 g/mol. The van der Waals surface area contributed by atoms with E-state index in [9.17, 15) is 4.39 Å². The molecule has 0 bridgehead atoms. The van der Waals surface area contributed by atoms with E-state index < -0.39 is 0 Å². The number of rotatable bonds is 3. The Morgan fingerprint density at radius 1 is 0.875 bits per heavy atom. The summed E-state index contributed by atoms with van der Waals surface area (Å²) in [7, 11) is 0. The van der Waals surface area contributed by atoms with E-state index in [1.54, 1.807) is 12.1 Å². The fourth-order valence-electron chi connectivity index (χ4n) is 1.63. The van der Waals surface area contributed by atoms with Crippen molar-refractivity contribution >= 4 is 11.6 Å². The lowest BCUT2D eigenvalue weighted by Gasteiger charge is -2.03. The number of hydrogen-bond donors (Lipinski definition) is 0. The number of benzene rings is 2. The largest absolute Gasteiger partial charge is 0.205 e. The van der Waals surface area contributed by atoms with Crippen LogP contribution in [-0.4, -0.2) is 0 Å². The standard InChI is InChI=1S/C14H12ClF/c15-13-10-12(8-9-14(13)16)7-6-11-4-2-1-3-5-11/h1-5,8-10H,6-7H2. The van der Waals surface area contributed by atoms with Crippen LogP contribution in [0, 0.1) is 5.82 Å². The van der Waals surface area contributed by atoms with Crippen LogP contribution in [0.3, 0.4) is 0 Å². The highest BCUT2D eigenvalue weighted by atomic mass is 35.5. The van der Waals surface area contributed by atoms with Crippen LogP contribution in [0.1, 0.15) is 11.1 Å². The molecule has 0 spiro atoms. The van der Waals surface area contributed by atoms with E-state index in [1.165, 1.54) is 11.6 Å². The first kappa shape index (κ1) is 11.2. The molecule has 82 valence electrons. The highest BCUT2D eigenvalue weighted by Crippen LogP contribution is 2.17. The first-order valence-electron chi connectivity index (χ1n) is 5.23. The Morgan fingerprint density at radius 3 is 2.25 bits per heavy atom. The van der Waals surface area contributed by atoms with E-state index in [0.717, 1.165) is 18.4 Å². The number of hydrogen-bond acceptors (Lipinski definition) is 0. The maximum absolute atomic E-state index is 12.9. The van der Waals surface area contributed by atoms with Crippen molar-refractivity contribution in [2.24, 2.45) is 0 Å². The van der Waals surface area contributed by atoms with Crippen molar-refractivity contribution in [3.8, 4) is 0 Å². The maximum atomic E-state index is 12.9. The van der Waals surface area contributed by atoms with E-state index in [2.05, 4.69) is 12.1 Å². The van der Waals surface area contributed by atoms with E-state index in [1.807, 2.05) is 18.2 Å². The Morgan fingerprint density at radius 2 is 1.56 bits per heavy atom. The summed E-state index contributed by atoms with van der Waals surface area (Å²) < 4.78 is 12.9. The molecule has 0 saturated carbocycles. The van der Waals surface area contributed by atoms with Crippen LogP contribution >= 0.6 is 11.6 Å². The minimum absolute atomic E-state index is 0.200. The molecular weight excluding hydrogens is 223 g/mol. The Kier molecular flexibility index (Phi) is 3.58. The van der Waals surface area contributed by atoms with E-state index in [4.69, 9.17) is 11.6 Å². The summed E-state index contributed by atoms with van der Waals surface area (Å²) in [6, 6.07) is 15.1. The summed E-state index contributed by atoms with van der Waals surface area (Å²) in [6.07, 6.45) is 1.83. The topological polar surface area (TPSA) is 0 Å². The van der Waals surface area contributed by atoms with Gasteiger partial charge in [-0.05, 0) is 36.1 Å². The quantitative estimate of drug-likeness (QED) is 0.744. The molecule has 0 unspecified atom stereocenters. The molecule has 2 heteroatoms. The number of aryl methyl sites for hydroxylation is 2. The molecule has 2 rings (SSSR count). The van der Waals surface area contributed by atoms with Crippen LogP contribution in [0.15, 0.2) is 48.5 Å². The Labute approximate surface area is 99.7 Å². The summed E-state index contributed by atoms with van der Waals surface area (Å²) in [5.74, 6) is -0.356. The highest BCUT2D eigenvalue weighted by Gasteiger charge is 2.01. The van der Waals surface area contributed by atoms with Crippen LogP contribution in [0.4, 0.5) is 4.39 Å². The zero-order chi connectivity index (χ0) is 11.4. The molecule has 0 aliphatic heterocycles. The lowest BCUT2D eigenvalue weighted by Crippen LogP contribution is -1.91. The fourth-order valence-corrected chi connectivity index (χ4v) is 1.83. The molecule has 0 aromatic heterocycles. The molecule has 0 N–H and O–H groups in total. The van der Waals surface area contributed by atoms with Gasteiger partial charge in [0.25, 0.3) is 0 Å². The summed E-state index contributed by atoms with van der Waals surface area (Å²) in [4.78, 5) is 0. The lowest BCUT2D eigenvalue weighted by molar-refractivity contribution is 0.627. The Bertz CT molecular complexity index is 465. The van der Waals surface area contributed by atoms with Crippen molar-refractivity contribution < 1.29 is 4.39 Å². The van der Waals surface area contributed by atoms with Crippen molar-refractivity contribution in [2.75, 3.05) is 0 Å². The first-order chi connectivity index (χ1) is 7.75. The molecule has 0 atom stereocenters. The zero-order valence-corrected chi connectivity index (χ0v) is 9.54. The molecular formula is C14H12ClF. The van der Waals surface area contributed by atoms with E-state index in [0.29, 0.717) is 0 Å². The molecule has 0 nitrogen and oxygen atoms in total. The molecule has 0 heterocycles. The normalized spacial score (nSPS) is 10.4.